The summed E-state index contributed by atoms with van der Waals surface area (Å²) >= 11 is 11.5. The number of nitrogens with zero attached hydrogens (tertiary/aromatic N) is 3. The summed E-state index contributed by atoms with van der Waals surface area (Å²) in [5, 5.41) is 0.535. The quantitative estimate of drug-likeness (QED) is 0.663. The molecule has 0 spiro atoms. The third-order valence-electron chi connectivity index (χ3n) is 1.54. The van der Waals surface area contributed by atoms with Crippen LogP contribution in [0.4, 0.5) is 0 Å². The Kier molecular flexibility index (Phi) is 1.90. The zero-order valence-corrected chi connectivity index (χ0v) is 7.55. The van der Waals surface area contributed by atoms with Crippen LogP contribution in [-0.4, -0.2) is 14.4 Å². The van der Waals surface area contributed by atoms with Crippen molar-refractivity contribution in [2.24, 2.45) is 0 Å². The molecule has 2 aromatic rings. The molecule has 0 unspecified atom stereocenters. The van der Waals surface area contributed by atoms with E-state index < -0.39 is 0 Å². The molecule has 5 heteroatoms. The standard InChI is InChI=1S/C7H5Cl2N3/c8-4-5-6(9)12-3-1-2-10-7(12)11-5/h1-3H,4H2. The fourth-order valence-corrected chi connectivity index (χ4v) is 1.49. The van der Waals surface area contributed by atoms with Gasteiger partial charge in [0.15, 0.2) is 0 Å². The Hall–Kier alpha value is -0.800. The van der Waals surface area contributed by atoms with Gasteiger partial charge in [-0.2, -0.15) is 0 Å². The molecule has 12 heavy (non-hydrogen) atoms. The van der Waals surface area contributed by atoms with Crippen molar-refractivity contribution in [1.29, 1.82) is 0 Å². The van der Waals surface area contributed by atoms with Crippen molar-refractivity contribution in [3.05, 3.63) is 29.3 Å². The molecule has 0 fully saturated rings. The Labute approximate surface area is 79.0 Å². The van der Waals surface area contributed by atoms with Gasteiger partial charge in [-0.25, -0.2) is 9.97 Å². The van der Waals surface area contributed by atoms with Crippen LogP contribution in [0.3, 0.4) is 0 Å². The van der Waals surface area contributed by atoms with E-state index in [-0.39, 0.29) is 0 Å². The lowest BCUT2D eigenvalue weighted by Gasteiger charge is -1.90. The van der Waals surface area contributed by atoms with Crippen LogP contribution in [0.1, 0.15) is 5.69 Å². The van der Waals surface area contributed by atoms with Crippen molar-refractivity contribution in [2.75, 3.05) is 0 Å². The van der Waals surface area contributed by atoms with Crippen molar-refractivity contribution in [3.8, 4) is 0 Å². The Bertz CT molecular complexity index is 410. The minimum atomic E-state index is 0.308. The maximum Gasteiger partial charge on any atom is 0.235 e. The van der Waals surface area contributed by atoms with E-state index >= 15 is 0 Å². The number of aromatic nitrogens is 3. The van der Waals surface area contributed by atoms with Gasteiger partial charge >= 0.3 is 0 Å². The van der Waals surface area contributed by atoms with Crippen LogP contribution in [0.15, 0.2) is 18.5 Å². The lowest BCUT2D eigenvalue weighted by molar-refractivity contribution is 1.11. The third-order valence-corrected chi connectivity index (χ3v) is 2.19. The fourth-order valence-electron chi connectivity index (χ4n) is 0.990. The first-order valence-electron chi connectivity index (χ1n) is 3.36. The van der Waals surface area contributed by atoms with Crippen molar-refractivity contribution >= 4 is 29.0 Å². The highest BCUT2D eigenvalue weighted by molar-refractivity contribution is 6.31. The van der Waals surface area contributed by atoms with Gasteiger partial charge in [-0.15, -0.1) is 11.6 Å². The van der Waals surface area contributed by atoms with E-state index in [1.54, 1.807) is 22.9 Å². The van der Waals surface area contributed by atoms with Crippen LogP contribution in [-0.2, 0) is 5.88 Å². The molecule has 62 valence electrons. The third kappa shape index (κ3) is 1.06. The zero-order valence-electron chi connectivity index (χ0n) is 6.04. The molecule has 0 aliphatic carbocycles. The summed E-state index contributed by atoms with van der Waals surface area (Å²) in [5.41, 5.74) is 0.664. The van der Waals surface area contributed by atoms with Crippen LogP contribution in [0, 0.1) is 0 Å². The van der Waals surface area contributed by atoms with E-state index in [9.17, 15) is 0 Å². The van der Waals surface area contributed by atoms with Crippen LogP contribution < -0.4 is 0 Å². The molecule has 0 aliphatic heterocycles. The molecule has 2 rings (SSSR count). The second-order valence-corrected chi connectivity index (χ2v) is 2.90. The number of hydrogen-bond donors (Lipinski definition) is 0. The molecule has 0 amide bonds. The summed E-state index contributed by atoms with van der Waals surface area (Å²) in [4.78, 5) is 8.14. The maximum atomic E-state index is 5.93. The topological polar surface area (TPSA) is 30.2 Å². The van der Waals surface area contributed by atoms with Gasteiger partial charge in [0.25, 0.3) is 0 Å². The highest BCUT2D eigenvalue weighted by Gasteiger charge is 2.07. The van der Waals surface area contributed by atoms with Gasteiger partial charge in [-0.3, -0.25) is 4.40 Å². The highest BCUT2D eigenvalue weighted by Crippen LogP contribution is 2.17. The average molecular weight is 202 g/mol. The first kappa shape index (κ1) is 7.83. The Morgan fingerprint density at radius 2 is 2.33 bits per heavy atom. The molecular weight excluding hydrogens is 197 g/mol. The van der Waals surface area contributed by atoms with Gasteiger partial charge in [0, 0.05) is 12.4 Å². The number of rotatable bonds is 1. The monoisotopic (exact) mass is 201 g/mol. The van der Waals surface area contributed by atoms with Crippen molar-refractivity contribution in [2.45, 2.75) is 5.88 Å². The van der Waals surface area contributed by atoms with Crippen molar-refractivity contribution in [1.82, 2.24) is 14.4 Å². The molecule has 0 N–H and O–H groups in total. The van der Waals surface area contributed by atoms with Gasteiger partial charge in [0.1, 0.15) is 5.15 Å². The first-order valence-corrected chi connectivity index (χ1v) is 4.27. The summed E-state index contributed by atoms with van der Waals surface area (Å²) in [5.74, 6) is 0.889. The van der Waals surface area contributed by atoms with Crippen LogP contribution in [0.2, 0.25) is 5.15 Å². The summed E-state index contributed by atoms with van der Waals surface area (Å²) in [6.45, 7) is 0. The number of fused-ring (bicyclic) bond motifs is 1. The number of halogens is 2. The zero-order chi connectivity index (χ0) is 8.55. The molecule has 0 saturated heterocycles. The SMILES string of the molecule is ClCc1nc2ncccn2c1Cl. The van der Waals surface area contributed by atoms with Crippen molar-refractivity contribution in [3.63, 3.8) is 0 Å². The van der Waals surface area contributed by atoms with E-state index in [1.807, 2.05) is 0 Å². The molecule has 0 bridgehead atoms. The summed E-state index contributed by atoms with van der Waals surface area (Å²) < 4.78 is 1.69. The smallest absolute Gasteiger partial charge is 0.235 e. The maximum absolute atomic E-state index is 5.93. The lowest BCUT2D eigenvalue weighted by atomic mass is 10.5. The average Bonchev–Trinajstić information content (AvgIpc) is 2.44. The van der Waals surface area contributed by atoms with E-state index in [0.29, 0.717) is 22.5 Å². The molecule has 0 aromatic carbocycles. The molecule has 0 aliphatic rings. The van der Waals surface area contributed by atoms with E-state index in [4.69, 9.17) is 23.2 Å². The predicted molar refractivity (Wildman–Crippen MR) is 47.6 cm³/mol. The molecule has 0 radical (unpaired) electrons. The van der Waals surface area contributed by atoms with Crippen molar-refractivity contribution < 1.29 is 0 Å². The summed E-state index contributed by atoms with van der Waals surface area (Å²) in [6, 6.07) is 1.79. The molecule has 0 saturated carbocycles. The molecule has 2 heterocycles. The molecular formula is C7H5Cl2N3. The summed E-state index contributed by atoms with van der Waals surface area (Å²) in [7, 11) is 0. The Morgan fingerprint density at radius 1 is 1.50 bits per heavy atom. The van der Waals surface area contributed by atoms with Gasteiger partial charge in [0.2, 0.25) is 5.78 Å². The minimum absolute atomic E-state index is 0.308. The van der Waals surface area contributed by atoms with Gasteiger partial charge < -0.3 is 0 Å². The van der Waals surface area contributed by atoms with E-state index in [2.05, 4.69) is 9.97 Å². The number of imidazole rings is 1. The normalized spacial score (nSPS) is 10.8. The second kappa shape index (κ2) is 2.92. The predicted octanol–water partition coefficient (Wildman–Crippen LogP) is 2.12. The van der Waals surface area contributed by atoms with Gasteiger partial charge in [-0.05, 0) is 6.07 Å². The van der Waals surface area contributed by atoms with Crippen LogP contribution in [0.5, 0.6) is 0 Å². The minimum Gasteiger partial charge on any atom is -0.274 e. The largest absolute Gasteiger partial charge is 0.274 e. The molecule has 2 aromatic heterocycles. The first-order chi connectivity index (χ1) is 5.83. The Morgan fingerprint density at radius 3 is 3.00 bits per heavy atom. The number of alkyl halides is 1. The van der Waals surface area contributed by atoms with E-state index in [1.165, 1.54) is 0 Å². The molecule has 0 atom stereocenters. The molecule has 3 nitrogen and oxygen atoms in total. The lowest BCUT2D eigenvalue weighted by Crippen LogP contribution is -1.84. The van der Waals surface area contributed by atoms with E-state index in [0.717, 1.165) is 0 Å². The highest BCUT2D eigenvalue weighted by atomic mass is 35.5. The van der Waals surface area contributed by atoms with Gasteiger partial charge in [-0.1, -0.05) is 11.6 Å². The van der Waals surface area contributed by atoms with Crippen LogP contribution >= 0.6 is 23.2 Å². The second-order valence-electron chi connectivity index (χ2n) is 2.27. The number of hydrogen-bond acceptors (Lipinski definition) is 2. The van der Waals surface area contributed by atoms with Gasteiger partial charge in [0.05, 0.1) is 11.6 Å². The Balaban J connectivity index is 2.78. The van der Waals surface area contributed by atoms with Crippen LogP contribution in [0.25, 0.3) is 5.78 Å². The summed E-state index contributed by atoms with van der Waals surface area (Å²) in [6.07, 6.45) is 3.46. The fraction of sp³-hybridized carbons (Fsp3) is 0.143.